The molecular weight excluding hydrogens is 312 g/mol. The molecule has 0 bridgehead atoms. The molecule has 0 aliphatic carbocycles. The van der Waals surface area contributed by atoms with Gasteiger partial charge in [0, 0.05) is 6.42 Å². The van der Waals surface area contributed by atoms with Crippen LogP contribution in [0.4, 0.5) is 0 Å². The third-order valence-electron chi connectivity index (χ3n) is 2.76. The summed E-state index contributed by atoms with van der Waals surface area (Å²) in [4.78, 5) is 42.7. The van der Waals surface area contributed by atoms with E-state index in [1.54, 1.807) is 41.5 Å². The highest BCUT2D eigenvalue weighted by Gasteiger charge is 2.20. The lowest BCUT2D eigenvalue weighted by atomic mass is 9.98. The molecule has 0 N–H and O–H groups in total. The van der Waals surface area contributed by atoms with Crippen molar-refractivity contribution in [1.29, 1.82) is 0 Å². The number of carbonyl (C=O) groups excluding carboxylic acids is 4. The Morgan fingerprint density at radius 1 is 0.917 bits per heavy atom. The Kier molecular flexibility index (Phi) is 12.0. The van der Waals surface area contributed by atoms with Crippen LogP contribution in [0.25, 0.3) is 0 Å². The average molecular weight is 344 g/mol. The smallest absolute Gasteiger partial charge is 0.308 e. The van der Waals surface area contributed by atoms with E-state index in [9.17, 15) is 19.2 Å². The van der Waals surface area contributed by atoms with Gasteiger partial charge in [0.15, 0.2) is 0 Å². The van der Waals surface area contributed by atoms with Gasteiger partial charge >= 0.3 is 11.9 Å². The first-order valence-corrected chi connectivity index (χ1v) is 8.15. The quantitative estimate of drug-likeness (QED) is 0.472. The Bertz CT molecular complexity index is 410. The maximum atomic E-state index is 11.0. The number of carbonyl (C=O) groups is 4. The zero-order chi connectivity index (χ0) is 19.4. The van der Waals surface area contributed by atoms with Gasteiger partial charge < -0.3 is 19.1 Å². The Morgan fingerprint density at radius 3 is 1.67 bits per heavy atom. The zero-order valence-electron chi connectivity index (χ0n) is 16.0. The molecule has 0 aliphatic rings. The van der Waals surface area contributed by atoms with E-state index < -0.39 is 10.8 Å². The van der Waals surface area contributed by atoms with Gasteiger partial charge in [-0.3, -0.25) is 9.59 Å². The minimum atomic E-state index is -0.565. The van der Waals surface area contributed by atoms with Crippen LogP contribution in [0, 0.1) is 16.7 Å². The standard InChI is InChI=1S/2C9H16O3/c1-7(2)8(11)12-6-9(3,4)5-10;1-4-5-8(11)12-7-9(2,3)6-10/h5,7H,6H2,1-4H3;6H,4-5,7H2,1-3H3. The molecule has 0 aromatic carbocycles. The molecule has 0 radical (unpaired) electrons. The van der Waals surface area contributed by atoms with E-state index >= 15 is 0 Å². The summed E-state index contributed by atoms with van der Waals surface area (Å²) in [6.45, 7) is 12.7. The number of ether oxygens (including phenoxy) is 2. The van der Waals surface area contributed by atoms with Crippen molar-refractivity contribution >= 4 is 24.5 Å². The molecular formula is C18H32O6. The van der Waals surface area contributed by atoms with Gasteiger partial charge in [0.1, 0.15) is 25.8 Å². The fourth-order valence-electron chi connectivity index (χ4n) is 1.03. The number of hydrogen-bond acceptors (Lipinski definition) is 6. The van der Waals surface area contributed by atoms with Gasteiger partial charge in [0.2, 0.25) is 0 Å². The van der Waals surface area contributed by atoms with Crippen LogP contribution in [0.2, 0.25) is 0 Å². The van der Waals surface area contributed by atoms with Gasteiger partial charge in [-0.2, -0.15) is 0 Å². The summed E-state index contributed by atoms with van der Waals surface area (Å²) in [7, 11) is 0. The summed E-state index contributed by atoms with van der Waals surface area (Å²) < 4.78 is 9.76. The fourth-order valence-corrected chi connectivity index (χ4v) is 1.03. The molecule has 6 heteroatoms. The van der Waals surface area contributed by atoms with Crippen molar-refractivity contribution in [3.8, 4) is 0 Å². The molecule has 0 amide bonds. The van der Waals surface area contributed by atoms with Crippen molar-refractivity contribution in [3.63, 3.8) is 0 Å². The topological polar surface area (TPSA) is 86.7 Å². The summed E-state index contributed by atoms with van der Waals surface area (Å²) in [6.07, 6.45) is 2.79. The van der Waals surface area contributed by atoms with Crippen molar-refractivity contribution in [1.82, 2.24) is 0 Å². The first-order valence-electron chi connectivity index (χ1n) is 8.15. The molecule has 0 saturated carbocycles. The SMILES string of the molecule is CC(C)C(=O)OCC(C)(C)C=O.CCCC(=O)OCC(C)(C)C=O. The summed E-state index contributed by atoms with van der Waals surface area (Å²) in [5.74, 6) is -0.621. The minimum Gasteiger partial charge on any atom is -0.465 e. The Labute approximate surface area is 145 Å². The summed E-state index contributed by atoms with van der Waals surface area (Å²) in [5.41, 5.74) is -1.12. The highest BCUT2D eigenvalue weighted by atomic mass is 16.5. The molecule has 140 valence electrons. The average Bonchev–Trinajstić information content (AvgIpc) is 2.51. The highest BCUT2D eigenvalue weighted by molar-refractivity contribution is 5.72. The van der Waals surface area contributed by atoms with Gasteiger partial charge in [-0.05, 0) is 34.1 Å². The predicted octanol–water partition coefficient (Wildman–Crippen LogP) is 2.97. The molecule has 24 heavy (non-hydrogen) atoms. The van der Waals surface area contributed by atoms with Crippen LogP contribution in [0.5, 0.6) is 0 Å². The van der Waals surface area contributed by atoms with Crippen molar-refractivity contribution in [3.05, 3.63) is 0 Å². The summed E-state index contributed by atoms with van der Waals surface area (Å²) >= 11 is 0. The van der Waals surface area contributed by atoms with Crippen LogP contribution in [-0.4, -0.2) is 37.7 Å². The third kappa shape index (κ3) is 13.9. The van der Waals surface area contributed by atoms with E-state index in [0.29, 0.717) is 6.42 Å². The van der Waals surface area contributed by atoms with Gasteiger partial charge in [-0.25, -0.2) is 0 Å². The third-order valence-corrected chi connectivity index (χ3v) is 2.76. The number of hydrogen-bond donors (Lipinski definition) is 0. The molecule has 0 rings (SSSR count). The van der Waals surface area contributed by atoms with Crippen molar-refractivity contribution in [2.75, 3.05) is 13.2 Å². The molecule has 0 spiro atoms. The van der Waals surface area contributed by atoms with Crippen LogP contribution in [-0.2, 0) is 28.7 Å². The zero-order valence-corrected chi connectivity index (χ0v) is 16.0. The minimum absolute atomic E-state index is 0.132. The lowest BCUT2D eigenvalue weighted by Gasteiger charge is -2.17. The van der Waals surface area contributed by atoms with E-state index in [1.165, 1.54) is 0 Å². The largest absolute Gasteiger partial charge is 0.465 e. The summed E-state index contributed by atoms with van der Waals surface area (Å²) in [6, 6.07) is 0. The van der Waals surface area contributed by atoms with Gasteiger partial charge in [-0.1, -0.05) is 20.8 Å². The van der Waals surface area contributed by atoms with Gasteiger partial charge in [0.05, 0.1) is 16.7 Å². The van der Waals surface area contributed by atoms with Gasteiger partial charge in [0.25, 0.3) is 0 Å². The molecule has 0 aromatic heterocycles. The van der Waals surface area contributed by atoms with Crippen molar-refractivity contribution < 1.29 is 28.7 Å². The van der Waals surface area contributed by atoms with Gasteiger partial charge in [-0.15, -0.1) is 0 Å². The molecule has 6 nitrogen and oxygen atoms in total. The Balaban J connectivity index is 0. The molecule has 0 saturated heterocycles. The highest BCUT2D eigenvalue weighted by Crippen LogP contribution is 2.12. The molecule has 0 unspecified atom stereocenters. The second kappa shape index (κ2) is 11.8. The van der Waals surface area contributed by atoms with Crippen LogP contribution in [0.3, 0.4) is 0 Å². The van der Waals surface area contributed by atoms with Crippen molar-refractivity contribution in [2.45, 2.75) is 61.3 Å². The van der Waals surface area contributed by atoms with Crippen LogP contribution in [0.15, 0.2) is 0 Å². The molecule has 0 aliphatic heterocycles. The second-order valence-electron chi connectivity index (χ2n) is 7.39. The molecule has 0 atom stereocenters. The summed E-state index contributed by atoms with van der Waals surface area (Å²) in [5, 5.41) is 0. The lowest BCUT2D eigenvalue weighted by Crippen LogP contribution is -2.24. The maximum absolute atomic E-state index is 11.0. The molecule has 0 heterocycles. The van der Waals surface area contributed by atoms with Crippen LogP contribution in [0.1, 0.15) is 61.3 Å². The van der Waals surface area contributed by atoms with E-state index in [-0.39, 0.29) is 31.1 Å². The van der Waals surface area contributed by atoms with Crippen molar-refractivity contribution in [2.24, 2.45) is 16.7 Å². The van der Waals surface area contributed by atoms with E-state index in [1.807, 2.05) is 6.92 Å². The first-order chi connectivity index (χ1) is 10.9. The van der Waals surface area contributed by atoms with E-state index in [0.717, 1.165) is 19.0 Å². The lowest BCUT2D eigenvalue weighted by molar-refractivity contribution is -0.151. The second-order valence-corrected chi connectivity index (χ2v) is 7.39. The number of rotatable bonds is 9. The maximum Gasteiger partial charge on any atom is 0.308 e. The van der Waals surface area contributed by atoms with E-state index in [4.69, 9.17) is 9.47 Å². The molecule has 0 aromatic rings. The normalized spacial score (nSPS) is 11.2. The molecule has 0 fully saturated rings. The monoisotopic (exact) mass is 344 g/mol. The fraction of sp³-hybridized carbons (Fsp3) is 0.778. The van der Waals surface area contributed by atoms with Crippen LogP contribution < -0.4 is 0 Å². The number of aldehydes is 2. The van der Waals surface area contributed by atoms with Crippen LogP contribution >= 0.6 is 0 Å². The number of esters is 2. The Hall–Kier alpha value is -1.72. The van der Waals surface area contributed by atoms with E-state index in [2.05, 4.69) is 0 Å². The first kappa shape index (κ1) is 24.5. The Morgan fingerprint density at radius 2 is 1.33 bits per heavy atom. The predicted molar refractivity (Wildman–Crippen MR) is 91.4 cm³/mol.